The summed E-state index contributed by atoms with van der Waals surface area (Å²) in [5.41, 5.74) is 1.20. The summed E-state index contributed by atoms with van der Waals surface area (Å²) in [5, 5.41) is 4.83. The molecule has 0 aliphatic carbocycles. The first-order chi connectivity index (χ1) is 33.7. The zero-order valence-electron chi connectivity index (χ0n) is 42.2. The van der Waals surface area contributed by atoms with Gasteiger partial charge in [0.15, 0.2) is 0 Å². The van der Waals surface area contributed by atoms with Crippen LogP contribution in [0.15, 0.2) is 192 Å². The lowest BCUT2D eigenvalue weighted by Gasteiger charge is -2.47. The molecule has 2 saturated heterocycles. The van der Waals surface area contributed by atoms with Gasteiger partial charge in [-0.1, -0.05) is 205 Å². The second-order valence-electron chi connectivity index (χ2n) is 20.5. The highest BCUT2D eigenvalue weighted by molar-refractivity contribution is 7.89. The maximum atomic E-state index is 14.2. The van der Waals surface area contributed by atoms with Crippen LogP contribution in [-0.4, -0.2) is 82.8 Å². The molecule has 2 atom stereocenters. The topological polar surface area (TPSA) is 124 Å². The Morgan fingerprint density at radius 2 is 0.849 bits per heavy atom. The van der Waals surface area contributed by atoms with Gasteiger partial charge in [0.2, 0.25) is 31.9 Å². The molecule has 2 amide bonds. The molecule has 0 radical (unpaired) electrons. The second kappa shape index (κ2) is 23.2. The molecular weight excluding hydrogens is 981 g/mol. The van der Waals surface area contributed by atoms with Crippen LogP contribution in [0.2, 0.25) is 21.2 Å². The molecule has 388 valence electrons. The van der Waals surface area contributed by atoms with E-state index in [4.69, 9.17) is 0 Å². The molecule has 2 heterocycles. The minimum Gasteiger partial charge on any atom is -0.312 e. The van der Waals surface area contributed by atoms with Crippen LogP contribution in [0.25, 0.3) is 0 Å². The Balaban J connectivity index is 0.000000264. The van der Waals surface area contributed by atoms with Gasteiger partial charge in [-0.05, 0) is 78.5 Å². The summed E-state index contributed by atoms with van der Waals surface area (Å²) in [6.45, 7) is 18.7. The van der Waals surface area contributed by atoms with Gasteiger partial charge in [0.05, 0.1) is 9.79 Å². The Morgan fingerprint density at radius 1 is 0.548 bits per heavy atom. The van der Waals surface area contributed by atoms with Gasteiger partial charge in [0.1, 0.15) is 16.1 Å². The highest BCUT2D eigenvalue weighted by atomic mass is 32.2. The molecular formula is C59H76N4O6S2Si2. The van der Waals surface area contributed by atoms with Gasteiger partial charge in [-0.15, -0.1) is 6.58 Å². The average molecular weight is 1060 g/mol. The molecule has 2 aliphatic heterocycles. The number of sulfonamides is 2. The summed E-state index contributed by atoms with van der Waals surface area (Å²) in [6.07, 6.45) is 3.08. The predicted molar refractivity (Wildman–Crippen MR) is 309 cm³/mol. The van der Waals surface area contributed by atoms with Crippen molar-refractivity contribution in [3.05, 3.63) is 183 Å². The first-order valence-corrected chi connectivity index (χ1v) is 31.3. The third-order valence-electron chi connectivity index (χ3n) is 14.7. The molecule has 1 N–H and O–H groups in total. The van der Waals surface area contributed by atoms with Crippen molar-refractivity contribution < 1.29 is 26.4 Å². The van der Waals surface area contributed by atoms with Gasteiger partial charge < -0.3 is 9.80 Å². The average Bonchev–Trinajstić information content (AvgIpc) is 3.94. The summed E-state index contributed by atoms with van der Waals surface area (Å²) in [6, 6.07) is 55.5. The minimum atomic E-state index is -3.61. The van der Waals surface area contributed by atoms with E-state index in [9.17, 15) is 26.4 Å². The van der Waals surface area contributed by atoms with E-state index >= 15 is 0 Å². The van der Waals surface area contributed by atoms with Crippen LogP contribution in [-0.2, 0) is 29.6 Å². The first-order valence-electron chi connectivity index (χ1n) is 24.2. The predicted octanol–water partition coefficient (Wildman–Crippen LogP) is 9.70. The number of hydrogen-bond acceptors (Lipinski definition) is 6. The fourth-order valence-electron chi connectivity index (χ4n) is 11.6. The third kappa shape index (κ3) is 10.9. The van der Waals surface area contributed by atoms with Gasteiger partial charge in [-0.3, -0.25) is 9.59 Å². The lowest BCUT2D eigenvalue weighted by molar-refractivity contribution is -0.117. The number of nitrogens with one attached hydrogen (secondary N) is 1. The quantitative estimate of drug-likeness (QED) is 0.0857. The summed E-state index contributed by atoms with van der Waals surface area (Å²) in [5.74, 6) is 0.243. The number of hydrogen-bond donors (Lipinski definition) is 1. The Hall–Kier alpha value is -5.75. The molecule has 73 heavy (non-hydrogen) atoms. The summed E-state index contributed by atoms with van der Waals surface area (Å²) >= 11 is 0. The summed E-state index contributed by atoms with van der Waals surface area (Å²) in [4.78, 5) is 32.4. The number of benzene rings is 6. The molecule has 14 heteroatoms. The van der Waals surface area contributed by atoms with Gasteiger partial charge in [0.25, 0.3) is 0 Å². The normalized spacial score (nSPS) is 16.6. The molecule has 0 spiro atoms. The van der Waals surface area contributed by atoms with E-state index < -0.39 is 36.2 Å². The Morgan fingerprint density at radius 3 is 1.12 bits per heavy atom. The number of carbonyl (C=O) groups is 2. The van der Waals surface area contributed by atoms with E-state index in [1.54, 1.807) is 54.6 Å². The van der Waals surface area contributed by atoms with Gasteiger partial charge in [-0.25, -0.2) is 21.6 Å². The zero-order valence-corrected chi connectivity index (χ0v) is 45.9. The van der Waals surface area contributed by atoms with E-state index in [1.165, 1.54) is 39.1 Å². The Bertz CT molecular complexity index is 2940. The van der Waals surface area contributed by atoms with Crippen molar-refractivity contribution in [2.75, 3.05) is 43.5 Å². The highest BCUT2D eigenvalue weighted by Crippen LogP contribution is 2.49. The minimum absolute atomic E-state index is 0. The van der Waals surface area contributed by atoms with Crippen LogP contribution in [0.3, 0.4) is 0 Å². The molecule has 0 aromatic heterocycles. The van der Waals surface area contributed by atoms with E-state index in [0.717, 1.165) is 24.2 Å². The molecule has 0 saturated carbocycles. The third-order valence-corrected chi connectivity index (χ3v) is 30.8. The van der Waals surface area contributed by atoms with Gasteiger partial charge >= 0.3 is 0 Å². The lowest BCUT2D eigenvalue weighted by Crippen LogP contribution is -2.68. The van der Waals surface area contributed by atoms with Crippen LogP contribution < -0.4 is 35.3 Å². The standard InChI is InChI=1S/C30H36N2O3SSi.C27H32N2O3SSi.2CH4/c1-6-22-31(5)36(34,35)25-19-17-24(18-20-25)32-23-21-28(29(32)33)37(30(2,3)4,26-13-9-7-10-14-26)27-15-11-8-12-16-27;1-27(2,3)34(23-11-7-5-8-12-23,24-13-9-6-10-14-24)25-19-20-29(26(25)30)21-15-17-22(18-16-21)33(31,32)28-4;;/h6-20,28H,1,21-23H2,2-5H3;5-18,25,28H,19-20H2,1-4H3;2*1H4/t28-;25-;;/m00../s1. The highest BCUT2D eigenvalue weighted by Gasteiger charge is 2.59. The van der Waals surface area contributed by atoms with Crippen molar-refractivity contribution in [1.82, 2.24) is 9.03 Å². The van der Waals surface area contributed by atoms with E-state index in [0.29, 0.717) is 13.1 Å². The van der Waals surface area contributed by atoms with Crippen molar-refractivity contribution in [1.29, 1.82) is 0 Å². The number of carbonyl (C=O) groups excluding carboxylic acids is 2. The lowest BCUT2D eigenvalue weighted by atomic mass is 10.2. The summed E-state index contributed by atoms with van der Waals surface area (Å²) < 4.78 is 53.5. The molecule has 0 unspecified atom stereocenters. The van der Waals surface area contributed by atoms with Crippen LogP contribution in [0.1, 0.15) is 69.2 Å². The fraction of sp³-hybridized carbons (Fsp3) is 0.322. The number of amides is 2. The largest absolute Gasteiger partial charge is 0.312 e. The molecule has 10 nitrogen and oxygen atoms in total. The maximum Gasteiger partial charge on any atom is 0.243 e. The van der Waals surface area contributed by atoms with Gasteiger partial charge in [0, 0.05) is 49.1 Å². The summed E-state index contributed by atoms with van der Waals surface area (Å²) in [7, 11) is -9.44. The fourth-order valence-corrected chi connectivity index (χ4v) is 26.3. The van der Waals surface area contributed by atoms with Crippen molar-refractivity contribution in [3.8, 4) is 0 Å². The number of rotatable bonds is 14. The Labute approximate surface area is 439 Å². The van der Waals surface area contributed by atoms with Crippen LogP contribution in [0, 0.1) is 0 Å². The molecule has 6 aromatic rings. The van der Waals surface area contributed by atoms with Crippen molar-refractivity contribution in [2.45, 2.75) is 100 Å². The van der Waals surface area contributed by atoms with E-state index in [2.05, 4.69) is 150 Å². The zero-order chi connectivity index (χ0) is 51.4. The monoisotopic (exact) mass is 1060 g/mol. The SMILES string of the molecule is C.C.C=CCN(C)S(=O)(=O)c1ccc(N2CC[C@H]([Si](c3ccccc3)(c3ccccc3)C(C)(C)C)C2=O)cc1.CNS(=O)(=O)c1ccc(N2CC[C@H]([Si](c3ccccc3)(c3ccccc3)C(C)(C)C)C2=O)cc1. The number of likely N-dealkylation sites (N-methyl/N-ethyl adjacent to an activating group) is 1. The molecule has 2 aliphatic rings. The first kappa shape index (κ1) is 58.1. The van der Waals surface area contributed by atoms with Crippen LogP contribution in [0.5, 0.6) is 0 Å². The second-order valence-corrected chi connectivity index (χ2v) is 34.4. The van der Waals surface area contributed by atoms with Gasteiger partial charge in [-0.2, -0.15) is 4.31 Å². The molecule has 6 aromatic carbocycles. The van der Waals surface area contributed by atoms with E-state index in [1.807, 2.05) is 34.1 Å². The van der Waals surface area contributed by atoms with Crippen molar-refractivity contribution >= 4 is 80.1 Å². The van der Waals surface area contributed by atoms with Crippen molar-refractivity contribution in [2.24, 2.45) is 0 Å². The molecule has 8 rings (SSSR count). The van der Waals surface area contributed by atoms with Crippen LogP contribution in [0.4, 0.5) is 11.4 Å². The van der Waals surface area contributed by atoms with Crippen molar-refractivity contribution in [3.63, 3.8) is 0 Å². The molecule has 2 fully saturated rings. The number of nitrogens with zero attached hydrogens (tertiary/aromatic N) is 3. The maximum absolute atomic E-state index is 14.2. The molecule has 0 bridgehead atoms. The number of anilines is 2. The Kier molecular flexibility index (Phi) is 18.5. The van der Waals surface area contributed by atoms with Crippen LogP contribution >= 0.6 is 0 Å². The smallest absolute Gasteiger partial charge is 0.243 e. The van der Waals surface area contributed by atoms with E-state index in [-0.39, 0.29) is 64.2 Å².